The molecule has 3 unspecified atom stereocenters. The van der Waals surface area contributed by atoms with E-state index in [1.807, 2.05) is 0 Å². The minimum absolute atomic E-state index is 0.621. The summed E-state index contributed by atoms with van der Waals surface area (Å²) in [6.07, 6.45) is 1.29. The molecule has 1 aliphatic rings. The number of likely N-dealkylation sites (tertiary alicyclic amines) is 1. The Morgan fingerprint density at radius 1 is 1.50 bits per heavy atom. The molecule has 1 heterocycles. The lowest BCUT2D eigenvalue weighted by Gasteiger charge is -2.22. The van der Waals surface area contributed by atoms with Crippen LogP contribution < -0.4 is 5.32 Å². The summed E-state index contributed by atoms with van der Waals surface area (Å²) in [5.74, 6) is 0. The van der Waals surface area contributed by atoms with Crippen LogP contribution in [0.3, 0.4) is 0 Å². The van der Waals surface area contributed by atoms with Crippen molar-refractivity contribution in [1.29, 1.82) is 0 Å². The van der Waals surface area contributed by atoms with E-state index in [1.165, 1.54) is 13.0 Å². The van der Waals surface area contributed by atoms with Crippen LogP contribution in [-0.2, 0) is 0 Å². The van der Waals surface area contributed by atoms with Gasteiger partial charge in [0.15, 0.2) is 0 Å². The average molecular weight is 199 g/mol. The zero-order valence-electron chi connectivity index (χ0n) is 10.2. The van der Waals surface area contributed by atoms with E-state index in [0.717, 1.165) is 12.6 Å². The summed E-state index contributed by atoms with van der Waals surface area (Å²) in [6.45, 7) is 6.85. The molecule has 0 radical (unpaired) electrons. The summed E-state index contributed by atoms with van der Waals surface area (Å²) in [6, 6.07) is 2.05. The topological polar surface area (TPSA) is 18.5 Å². The van der Waals surface area contributed by atoms with Crippen LogP contribution in [0, 0.1) is 0 Å². The normalized spacial score (nSPS) is 31.3. The van der Waals surface area contributed by atoms with Gasteiger partial charge in [-0.15, -0.1) is 0 Å². The van der Waals surface area contributed by atoms with Crippen LogP contribution in [0.25, 0.3) is 0 Å². The summed E-state index contributed by atoms with van der Waals surface area (Å²) in [5, 5.41) is 3.64. The number of nitrogens with one attached hydrogen (secondary N) is 1. The molecule has 1 rings (SSSR count). The maximum absolute atomic E-state index is 3.64. The molecule has 84 valence electrons. The molecule has 0 spiro atoms. The highest BCUT2D eigenvalue weighted by Gasteiger charge is 2.25. The van der Waals surface area contributed by atoms with Crippen LogP contribution in [0.15, 0.2) is 0 Å². The maximum atomic E-state index is 3.64. The zero-order chi connectivity index (χ0) is 10.7. The quantitative estimate of drug-likeness (QED) is 0.716. The number of rotatable bonds is 4. The Morgan fingerprint density at radius 3 is 2.57 bits per heavy atom. The summed E-state index contributed by atoms with van der Waals surface area (Å²) in [7, 11) is 6.48. The first kappa shape index (κ1) is 12.0. The zero-order valence-corrected chi connectivity index (χ0v) is 10.2. The lowest BCUT2D eigenvalue weighted by molar-refractivity contribution is 0.290. The Balaban J connectivity index is 2.20. The molecule has 1 aliphatic heterocycles. The van der Waals surface area contributed by atoms with Gasteiger partial charge in [-0.1, -0.05) is 0 Å². The Bertz CT molecular complexity index is 160. The first-order valence-electron chi connectivity index (χ1n) is 5.60. The van der Waals surface area contributed by atoms with Crippen molar-refractivity contribution in [2.75, 3.05) is 34.2 Å². The summed E-state index contributed by atoms with van der Waals surface area (Å²) in [4.78, 5) is 4.69. The van der Waals surface area contributed by atoms with Crippen LogP contribution in [0.5, 0.6) is 0 Å². The van der Waals surface area contributed by atoms with Crippen molar-refractivity contribution in [3.63, 3.8) is 0 Å². The van der Waals surface area contributed by atoms with Crippen molar-refractivity contribution in [2.45, 2.75) is 38.4 Å². The minimum atomic E-state index is 0.621. The largest absolute Gasteiger partial charge is 0.311 e. The lowest BCUT2D eigenvalue weighted by atomic mass is 10.2. The van der Waals surface area contributed by atoms with Crippen molar-refractivity contribution in [1.82, 2.24) is 15.1 Å². The van der Waals surface area contributed by atoms with E-state index in [9.17, 15) is 0 Å². The standard InChI is InChI=1S/C11H25N3/c1-9-6-11(8-14(9)5)12-7-10(2)13(3)4/h9-12H,6-8H2,1-5H3. The predicted molar refractivity (Wildman–Crippen MR) is 61.6 cm³/mol. The van der Waals surface area contributed by atoms with Crippen LogP contribution in [0.4, 0.5) is 0 Å². The Labute approximate surface area is 88.5 Å². The van der Waals surface area contributed by atoms with Gasteiger partial charge in [0.1, 0.15) is 0 Å². The van der Waals surface area contributed by atoms with Gasteiger partial charge in [0.2, 0.25) is 0 Å². The molecular formula is C11H25N3. The van der Waals surface area contributed by atoms with E-state index in [2.05, 4.69) is 50.1 Å². The minimum Gasteiger partial charge on any atom is -0.311 e. The van der Waals surface area contributed by atoms with E-state index < -0.39 is 0 Å². The van der Waals surface area contributed by atoms with Crippen molar-refractivity contribution >= 4 is 0 Å². The monoisotopic (exact) mass is 199 g/mol. The highest BCUT2D eigenvalue weighted by atomic mass is 15.2. The third-order valence-corrected chi connectivity index (χ3v) is 3.47. The Morgan fingerprint density at radius 2 is 2.14 bits per heavy atom. The SMILES string of the molecule is CC(CNC1CC(C)N(C)C1)N(C)C. The van der Waals surface area contributed by atoms with E-state index >= 15 is 0 Å². The fraction of sp³-hybridized carbons (Fsp3) is 1.00. The summed E-state index contributed by atoms with van der Waals surface area (Å²) in [5.41, 5.74) is 0. The molecule has 0 saturated carbocycles. The van der Waals surface area contributed by atoms with Crippen molar-refractivity contribution in [3.8, 4) is 0 Å². The average Bonchev–Trinajstić information content (AvgIpc) is 2.42. The van der Waals surface area contributed by atoms with Gasteiger partial charge in [0.25, 0.3) is 0 Å². The molecule has 1 fully saturated rings. The highest BCUT2D eigenvalue weighted by Crippen LogP contribution is 2.14. The summed E-state index contributed by atoms with van der Waals surface area (Å²) < 4.78 is 0. The molecule has 0 aromatic rings. The molecule has 14 heavy (non-hydrogen) atoms. The van der Waals surface area contributed by atoms with Crippen molar-refractivity contribution in [3.05, 3.63) is 0 Å². The molecule has 0 aromatic carbocycles. The summed E-state index contributed by atoms with van der Waals surface area (Å²) >= 11 is 0. The highest BCUT2D eigenvalue weighted by molar-refractivity contribution is 4.85. The number of hydrogen-bond acceptors (Lipinski definition) is 3. The van der Waals surface area contributed by atoms with E-state index in [0.29, 0.717) is 12.1 Å². The Hall–Kier alpha value is -0.120. The van der Waals surface area contributed by atoms with Gasteiger partial charge in [-0.2, -0.15) is 0 Å². The van der Waals surface area contributed by atoms with Gasteiger partial charge in [-0.3, -0.25) is 0 Å². The maximum Gasteiger partial charge on any atom is 0.0210 e. The number of likely N-dealkylation sites (N-methyl/N-ethyl adjacent to an activating group) is 2. The van der Waals surface area contributed by atoms with Crippen LogP contribution in [0.2, 0.25) is 0 Å². The van der Waals surface area contributed by atoms with E-state index in [4.69, 9.17) is 0 Å². The molecule has 0 bridgehead atoms. The molecule has 0 aliphatic carbocycles. The smallest absolute Gasteiger partial charge is 0.0210 e. The van der Waals surface area contributed by atoms with Gasteiger partial charge < -0.3 is 15.1 Å². The van der Waals surface area contributed by atoms with Crippen LogP contribution in [0.1, 0.15) is 20.3 Å². The second-order valence-electron chi connectivity index (χ2n) is 4.94. The van der Waals surface area contributed by atoms with Gasteiger partial charge in [-0.05, 0) is 41.4 Å². The van der Waals surface area contributed by atoms with Gasteiger partial charge >= 0.3 is 0 Å². The second kappa shape index (κ2) is 5.10. The first-order valence-corrected chi connectivity index (χ1v) is 5.60. The lowest BCUT2D eigenvalue weighted by Crippen LogP contribution is -2.41. The van der Waals surface area contributed by atoms with Gasteiger partial charge in [-0.25, -0.2) is 0 Å². The molecule has 1 saturated heterocycles. The molecule has 3 heteroatoms. The molecule has 3 nitrogen and oxygen atoms in total. The fourth-order valence-corrected chi connectivity index (χ4v) is 1.86. The fourth-order valence-electron chi connectivity index (χ4n) is 1.86. The van der Waals surface area contributed by atoms with Crippen molar-refractivity contribution in [2.24, 2.45) is 0 Å². The third-order valence-electron chi connectivity index (χ3n) is 3.47. The molecule has 0 amide bonds. The van der Waals surface area contributed by atoms with Crippen LogP contribution in [-0.4, -0.2) is 62.2 Å². The predicted octanol–water partition coefficient (Wildman–Crippen LogP) is 0.619. The molecule has 3 atom stereocenters. The number of nitrogens with zero attached hydrogens (tertiary/aromatic N) is 2. The van der Waals surface area contributed by atoms with Crippen molar-refractivity contribution < 1.29 is 0 Å². The first-order chi connectivity index (χ1) is 6.50. The third kappa shape index (κ3) is 3.23. The van der Waals surface area contributed by atoms with E-state index in [-0.39, 0.29) is 0 Å². The molecule has 1 N–H and O–H groups in total. The van der Waals surface area contributed by atoms with Crippen LogP contribution >= 0.6 is 0 Å². The molecule has 0 aromatic heterocycles. The van der Waals surface area contributed by atoms with Gasteiger partial charge in [0.05, 0.1) is 0 Å². The Kier molecular flexibility index (Phi) is 4.35. The second-order valence-corrected chi connectivity index (χ2v) is 4.94. The molecular weight excluding hydrogens is 174 g/mol. The number of hydrogen-bond donors (Lipinski definition) is 1. The van der Waals surface area contributed by atoms with Gasteiger partial charge in [0, 0.05) is 31.2 Å². The van der Waals surface area contributed by atoms with E-state index in [1.54, 1.807) is 0 Å².